The predicted octanol–water partition coefficient (Wildman–Crippen LogP) is 3.62. The van der Waals surface area contributed by atoms with E-state index >= 15 is 0 Å². The van der Waals surface area contributed by atoms with Crippen molar-refractivity contribution >= 4 is 16.7 Å². The molecule has 0 atom stereocenters. The van der Waals surface area contributed by atoms with Crippen molar-refractivity contribution in [1.82, 2.24) is 4.57 Å². The predicted molar refractivity (Wildman–Crippen MR) is 94.9 cm³/mol. The highest BCUT2D eigenvalue weighted by Gasteiger charge is 2.20. The number of fused-ring (bicyclic) bond motifs is 1. The number of aromatic nitrogens is 1. The SMILES string of the molecule is CCOC(=O)Cc1c2ccccc2c(C#N)n1-c1ccc(OC)cc1. The van der Waals surface area contributed by atoms with Gasteiger partial charge in [-0.3, -0.25) is 4.79 Å². The van der Waals surface area contributed by atoms with Crippen molar-refractivity contribution in [3.8, 4) is 17.5 Å². The van der Waals surface area contributed by atoms with E-state index in [4.69, 9.17) is 9.47 Å². The highest BCUT2D eigenvalue weighted by atomic mass is 16.5. The molecule has 1 heterocycles. The average molecular weight is 334 g/mol. The minimum atomic E-state index is -0.315. The van der Waals surface area contributed by atoms with Crippen LogP contribution in [-0.2, 0) is 16.0 Å². The first-order chi connectivity index (χ1) is 12.2. The van der Waals surface area contributed by atoms with E-state index in [9.17, 15) is 10.1 Å². The van der Waals surface area contributed by atoms with Gasteiger partial charge in [-0.05, 0) is 31.2 Å². The molecule has 0 N–H and O–H groups in total. The van der Waals surface area contributed by atoms with Gasteiger partial charge in [-0.15, -0.1) is 0 Å². The molecule has 0 fully saturated rings. The molecule has 0 aliphatic carbocycles. The molecule has 2 aromatic carbocycles. The third-order valence-corrected chi connectivity index (χ3v) is 4.04. The fraction of sp³-hybridized carbons (Fsp3) is 0.200. The Kier molecular flexibility index (Phi) is 4.71. The number of benzene rings is 2. The number of nitriles is 1. The molecule has 0 unspecified atom stereocenters. The Balaban J connectivity index is 2.23. The summed E-state index contributed by atoms with van der Waals surface area (Å²) in [6, 6.07) is 17.3. The molecule has 0 amide bonds. The van der Waals surface area contributed by atoms with E-state index in [0.29, 0.717) is 12.3 Å². The van der Waals surface area contributed by atoms with Gasteiger partial charge in [-0.1, -0.05) is 24.3 Å². The zero-order valence-corrected chi connectivity index (χ0v) is 14.2. The first-order valence-corrected chi connectivity index (χ1v) is 8.02. The minimum Gasteiger partial charge on any atom is -0.497 e. The van der Waals surface area contributed by atoms with Crippen LogP contribution in [0.1, 0.15) is 18.3 Å². The Morgan fingerprint density at radius 3 is 2.40 bits per heavy atom. The second kappa shape index (κ2) is 7.10. The lowest BCUT2D eigenvalue weighted by atomic mass is 10.1. The van der Waals surface area contributed by atoms with Crippen molar-refractivity contribution in [3.05, 3.63) is 59.9 Å². The smallest absolute Gasteiger partial charge is 0.311 e. The zero-order valence-electron chi connectivity index (χ0n) is 14.2. The van der Waals surface area contributed by atoms with Gasteiger partial charge in [-0.2, -0.15) is 5.26 Å². The highest BCUT2D eigenvalue weighted by Crippen LogP contribution is 2.30. The second-order valence-electron chi connectivity index (χ2n) is 5.47. The Bertz CT molecular complexity index is 949. The van der Waals surface area contributed by atoms with Crippen molar-refractivity contribution in [2.45, 2.75) is 13.3 Å². The monoisotopic (exact) mass is 334 g/mol. The van der Waals surface area contributed by atoms with E-state index in [0.717, 1.165) is 27.9 Å². The number of carbonyl (C=O) groups excluding carboxylic acids is 1. The molecule has 0 aliphatic rings. The summed E-state index contributed by atoms with van der Waals surface area (Å²) >= 11 is 0. The number of ether oxygens (including phenoxy) is 2. The molecule has 0 aliphatic heterocycles. The van der Waals surface area contributed by atoms with Gasteiger partial charge >= 0.3 is 5.97 Å². The zero-order chi connectivity index (χ0) is 17.8. The quantitative estimate of drug-likeness (QED) is 0.669. The lowest BCUT2D eigenvalue weighted by molar-refractivity contribution is -0.142. The normalized spacial score (nSPS) is 10.4. The van der Waals surface area contributed by atoms with Crippen molar-refractivity contribution < 1.29 is 14.3 Å². The fourth-order valence-electron chi connectivity index (χ4n) is 2.97. The topological polar surface area (TPSA) is 64.2 Å². The first-order valence-electron chi connectivity index (χ1n) is 8.02. The van der Waals surface area contributed by atoms with Crippen LogP contribution in [0.4, 0.5) is 0 Å². The maximum Gasteiger partial charge on any atom is 0.311 e. The van der Waals surface area contributed by atoms with Crippen LogP contribution in [0.25, 0.3) is 16.5 Å². The van der Waals surface area contributed by atoms with Gasteiger partial charge in [0.15, 0.2) is 0 Å². The molecule has 0 spiro atoms. The van der Waals surface area contributed by atoms with Crippen LogP contribution in [-0.4, -0.2) is 24.3 Å². The van der Waals surface area contributed by atoms with E-state index < -0.39 is 0 Å². The molecule has 126 valence electrons. The number of rotatable bonds is 5. The number of esters is 1. The molecule has 0 saturated carbocycles. The summed E-state index contributed by atoms with van der Waals surface area (Å²) in [7, 11) is 1.60. The molecule has 25 heavy (non-hydrogen) atoms. The van der Waals surface area contributed by atoms with Crippen molar-refractivity contribution in [2.75, 3.05) is 13.7 Å². The van der Waals surface area contributed by atoms with E-state index in [2.05, 4.69) is 6.07 Å². The summed E-state index contributed by atoms with van der Waals surface area (Å²) < 4.78 is 12.1. The summed E-state index contributed by atoms with van der Waals surface area (Å²) in [4.78, 5) is 12.1. The van der Waals surface area contributed by atoms with Crippen molar-refractivity contribution in [3.63, 3.8) is 0 Å². The van der Waals surface area contributed by atoms with E-state index in [1.165, 1.54) is 0 Å². The summed E-state index contributed by atoms with van der Waals surface area (Å²) in [6.07, 6.45) is 0.0993. The third-order valence-electron chi connectivity index (χ3n) is 4.04. The summed E-state index contributed by atoms with van der Waals surface area (Å²) in [6.45, 7) is 2.10. The molecule has 5 nitrogen and oxygen atoms in total. The number of methoxy groups -OCH3 is 1. The number of hydrogen-bond acceptors (Lipinski definition) is 4. The Labute approximate surface area is 146 Å². The van der Waals surface area contributed by atoms with Crippen LogP contribution in [0.15, 0.2) is 48.5 Å². The number of hydrogen-bond donors (Lipinski definition) is 0. The van der Waals surface area contributed by atoms with Gasteiger partial charge in [0, 0.05) is 22.2 Å². The van der Waals surface area contributed by atoms with Crippen molar-refractivity contribution in [1.29, 1.82) is 5.26 Å². The number of carbonyl (C=O) groups is 1. The second-order valence-corrected chi connectivity index (χ2v) is 5.47. The lowest BCUT2D eigenvalue weighted by Gasteiger charge is -2.11. The molecular weight excluding hydrogens is 316 g/mol. The summed E-state index contributed by atoms with van der Waals surface area (Å²) in [5.74, 6) is 0.413. The standard InChI is InChI=1S/C20H18N2O3/c1-3-25-20(23)12-18-16-6-4-5-7-17(16)19(13-21)22(18)14-8-10-15(24-2)11-9-14/h4-11H,3,12H2,1-2H3. The first kappa shape index (κ1) is 16.6. The molecular formula is C20H18N2O3. The van der Waals surface area contributed by atoms with Gasteiger partial charge in [0.25, 0.3) is 0 Å². The largest absolute Gasteiger partial charge is 0.497 e. The summed E-state index contributed by atoms with van der Waals surface area (Å²) in [5, 5.41) is 11.4. The molecule has 0 bridgehead atoms. The number of nitrogens with zero attached hydrogens (tertiary/aromatic N) is 2. The van der Waals surface area contributed by atoms with E-state index in [1.807, 2.05) is 53.1 Å². The minimum absolute atomic E-state index is 0.0993. The molecule has 0 saturated heterocycles. The fourth-order valence-corrected chi connectivity index (χ4v) is 2.97. The molecule has 3 rings (SSSR count). The van der Waals surface area contributed by atoms with Crippen molar-refractivity contribution in [2.24, 2.45) is 0 Å². The highest BCUT2D eigenvalue weighted by molar-refractivity contribution is 5.94. The van der Waals surface area contributed by atoms with Crippen LogP contribution in [0.3, 0.4) is 0 Å². The van der Waals surface area contributed by atoms with Gasteiger partial charge in [-0.25, -0.2) is 0 Å². The van der Waals surface area contributed by atoms with Crippen LogP contribution in [0.5, 0.6) is 5.75 Å². The van der Waals surface area contributed by atoms with Gasteiger partial charge < -0.3 is 14.0 Å². The lowest BCUT2D eigenvalue weighted by Crippen LogP contribution is -2.12. The molecule has 3 aromatic rings. The average Bonchev–Trinajstić information content (AvgIpc) is 2.95. The van der Waals surface area contributed by atoms with Crippen LogP contribution < -0.4 is 4.74 Å². The Morgan fingerprint density at radius 1 is 1.12 bits per heavy atom. The maximum absolute atomic E-state index is 12.1. The van der Waals surface area contributed by atoms with Crippen LogP contribution >= 0.6 is 0 Å². The van der Waals surface area contributed by atoms with Crippen LogP contribution in [0, 0.1) is 11.3 Å². The van der Waals surface area contributed by atoms with E-state index in [1.54, 1.807) is 14.0 Å². The van der Waals surface area contributed by atoms with Gasteiger partial charge in [0.05, 0.1) is 20.1 Å². The molecule has 0 radical (unpaired) electrons. The molecule has 5 heteroatoms. The van der Waals surface area contributed by atoms with E-state index in [-0.39, 0.29) is 12.4 Å². The molecule has 1 aromatic heterocycles. The van der Waals surface area contributed by atoms with Gasteiger partial charge in [0.2, 0.25) is 0 Å². The maximum atomic E-state index is 12.1. The Hall–Kier alpha value is -3.26. The Morgan fingerprint density at radius 2 is 1.80 bits per heavy atom. The third kappa shape index (κ3) is 3.07. The van der Waals surface area contributed by atoms with Gasteiger partial charge in [0.1, 0.15) is 17.5 Å². The summed E-state index contributed by atoms with van der Waals surface area (Å²) in [5.41, 5.74) is 2.05. The van der Waals surface area contributed by atoms with Crippen LogP contribution in [0.2, 0.25) is 0 Å².